The monoisotopic (exact) mass is 348 g/mol. The second kappa shape index (κ2) is 9.38. The molecule has 0 spiro atoms. The largest absolute Gasteiger partial charge is 0.490 e. The Morgan fingerprint density at radius 1 is 1.13 bits per heavy atom. The highest BCUT2D eigenvalue weighted by Crippen LogP contribution is 2.22. The van der Waals surface area contributed by atoms with Crippen LogP contribution in [0.3, 0.4) is 0 Å². The third kappa shape index (κ3) is 6.08. The summed E-state index contributed by atoms with van der Waals surface area (Å²) in [4.78, 5) is 1.97. The van der Waals surface area contributed by atoms with E-state index in [9.17, 15) is 0 Å². The Bertz CT molecular complexity index is 621. The Balaban J connectivity index is 1.66. The third-order valence-corrected chi connectivity index (χ3v) is 4.17. The van der Waals surface area contributed by atoms with Crippen molar-refractivity contribution in [3.63, 3.8) is 0 Å². The van der Waals surface area contributed by atoms with Crippen LogP contribution in [0.1, 0.15) is 5.56 Å². The van der Waals surface area contributed by atoms with Crippen molar-refractivity contribution in [1.29, 1.82) is 0 Å². The van der Waals surface area contributed by atoms with Crippen LogP contribution in [0.2, 0.25) is 5.02 Å². The van der Waals surface area contributed by atoms with Gasteiger partial charge in [0.15, 0.2) is 5.11 Å². The average molecular weight is 349 g/mol. The van der Waals surface area contributed by atoms with Gasteiger partial charge in [-0.2, -0.15) is 0 Å². The van der Waals surface area contributed by atoms with E-state index in [4.69, 9.17) is 28.6 Å². The topological polar surface area (TPSA) is 24.5 Å². The Hall–Kier alpha value is -1.78. The van der Waals surface area contributed by atoms with Crippen molar-refractivity contribution in [1.82, 2.24) is 10.2 Å². The van der Waals surface area contributed by atoms with Gasteiger partial charge in [0, 0.05) is 13.6 Å². The highest BCUT2D eigenvalue weighted by Gasteiger charge is 2.05. The molecule has 0 unspecified atom stereocenters. The fourth-order valence-corrected chi connectivity index (χ4v) is 2.43. The lowest BCUT2D eigenvalue weighted by molar-refractivity contribution is 0.283. The predicted molar refractivity (Wildman–Crippen MR) is 100 cm³/mol. The third-order valence-electron chi connectivity index (χ3n) is 3.40. The van der Waals surface area contributed by atoms with Gasteiger partial charge in [0.2, 0.25) is 0 Å². The summed E-state index contributed by atoms with van der Waals surface area (Å²) >= 11 is 11.4. The fraction of sp³-hybridized carbons (Fsp3) is 0.278. The summed E-state index contributed by atoms with van der Waals surface area (Å²) < 4.78 is 5.67. The molecule has 3 nitrogen and oxygen atoms in total. The van der Waals surface area contributed by atoms with Gasteiger partial charge in [-0.15, -0.1) is 0 Å². The Labute approximate surface area is 148 Å². The van der Waals surface area contributed by atoms with Crippen molar-refractivity contribution in [3.05, 3.63) is 65.2 Å². The number of ether oxygens (including phenoxy) is 1. The molecule has 0 aromatic heterocycles. The maximum Gasteiger partial charge on any atom is 0.168 e. The van der Waals surface area contributed by atoms with Crippen LogP contribution in [-0.2, 0) is 6.42 Å². The highest BCUT2D eigenvalue weighted by molar-refractivity contribution is 7.80. The van der Waals surface area contributed by atoms with Crippen molar-refractivity contribution in [2.75, 3.05) is 26.7 Å². The van der Waals surface area contributed by atoms with E-state index in [1.165, 1.54) is 5.56 Å². The van der Waals surface area contributed by atoms with E-state index in [-0.39, 0.29) is 0 Å². The molecule has 2 aromatic rings. The number of hydrogen-bond acceptors (Lipinski definition) is 2. The lowest BCUT2D eigenvalue weighted by Crippen LogP contribution is -2.40. The maximum atomic E-state index is 6.05. The second-order valence-electron chi connectivity index (χ2n) is 5.17. The summed E-state index contributed by atoms with van der Waals surface area (Å²) in [5.41, 5.74) is 1.30. The molecule has 0 aliphatic carbocycles. The lowest BCUT2D eigenvalue weighted by Gasteiger charge is -2.21. The van der Waals surface area contributed by atoms with E-state index in [2.05, 4.69) is 17.4 Å². The van der Waals surface area contributed by atoms with E-state index in [1.807, 2.05) is 54.4 Å². The minimum absolute atomic E-state index is 0.529. The number of nitrogens with one attached hydrogen (secondary N) is 1. The van der Waals surface area contributed by atoms with Gasteiger partial charge in [-0.1, -0.05) is 54.1 Å². The number of thiocarbonyl (C=S) groups is 1. The van der Waals surface area contributed by atoms with E-state index in [0.717, 1.165) is 18.1 Å². The molecule has 0 radical (unpaired) electrons. The van der Waals surface area contributed by atoms with Crippen molar-refractivity contribution in [2.45, 2.75) is 6.42 Å². The molecule has 5 heteroatoms. The smallest absolute Gasteiger partial charge is 0.168 e. The number of hydrogen-bond donors (Lipinski definition) is 1. The van der Waals surface area contributed by atoms with Crippen LogP contribution >= 0.6 is 23.8 Å². The van der Waals surface area contributed by atoms with Gasteiger partial charge in [-0.05, 0) is 36.3 Å². The van der Waals surface area contributed by atoms with Gasteiger partial charge in [0.05, 0.1) is 11.6 Å². The SMILES string of the molecule is CN(CCOc1ccccc1Cl)C(=S)NCCc1ccccc1. The lowest BCUT2D eigenvalue weighted by atomic mass is 10.1. The molecule has 2 aromatic carbocycles. The standard InChI is InChI=1S/C18H21ClN2OS/c1-21(13-14-22-17-10-6-5-9-16(17)19)18(23)20-12-11-15-7-3-2-4-8-15/h2-10H,11-14H2,1H3,(H,20,23). The number of halogens is 1. The average Bonchev–Trinajstić information content (AvgIpc) is 2.57. The molecule has 0 aliphatic heterocycles. The zero-order valence-electron chi connectivity index (χ0n) is 13.2. The Kier molecular flexibility index (Phi) is 7.17. The molecular weight excluding hydrogens is 328 g/mol. The minimum Gasteiger partial charge on any atom is -0.490 e. The van der Waals surface area contributed by atoms with Gasteiger partial charge >= 0.3 is 0 Å². The molecule has 0 heterocycles. The van der Waals surface area contributed by atoms with Gasteiger partial charge < -0.3 is 15.0 Å². The van der Waals surface area contributed by atoms with Gasteiger partial charge in [0.1, 0.15) is 12.4 Å². The first-order valence-electron chi connectivity index (χ1n) is 7.57. The molecule has 1 N–H and O–H groups in total. The second-order valence-corrected chi connectivity index (χ2v) is 5.96. The first-order chi connectivity index (χ1) is 11.2. The van der Waals surface area contributed by atoms with Crippen molar-refractivity contribution >= 4 is 28.9 Å². The molecule has 0 saturated heterocycles. The van der Waals surface area contributed by atoms with Crippen LogP contribution < -0.4 is 10.1 Å². The zero-order chi connectivity index (χ0) is 16.5. The van der Waals surface area contributed by atoms with Crippen LogP contribution in [0.5, 0.6) is 5.75 Å². The summed E-state index contributed by atoms with van der Waals surface area (Å²) in [5.74, 6) is 0.700. The summed E-state index contributed by atoms with van der Waals surface area (Å²) in [7, 11) is 1.95. The molecule has 0 amide bonds. The molecule has 0 saturated carbocycles. The predicted octanol–water partition coefficient (Wildman–Crippen LogP) is 3.77. The molecular formula is C18H21ClN2OS. The van der Waals surface area contributed by atoms with E-state index in [0.29, 0.717) is 23.9 Å². The number of likely N-dealkylation sites (N-methyl/N-ethyl adjacent to an activating group) is 1. The first-order valence-corrected chi connectivity index (χ1v) is 8.35. The highest BCUT2D eigenvalue weighted by atomic mass is 35.5. The first kappa shape index (κ1) is 17.6. The maximum absolute atomic E-state index is 6.05. The van der Waals surface area contributed by atoms with Crippen LogP contribution in [0, 0.1) is 0 Å². The molecule has 0 aliphatic rings. The summed E-state index contributed by atoms with van der Waals surface area (Å²) in [6, 6.07) is 17.8. The molecule has 0 fully saturated rings. The van der Waals surface area contributed by atoms with Crippen LogP contribution in [0.25, 0.3) is 0 Å². The van der Waals surface area contributed by atoms with Gasteiger partial charge in [0.25, 0.3) is 0 Å². The molecule has 2 rings (SSSR count). The van der Waals surface area contributed by atoms with Crippen LogP contribution in [-0.4, -0.2) is 36.8 Å². The summed E-state index contributed by atoms with van der Waals surface area (Å²) in [6.45, 7) is 2.04. The van der Waals surface area contributed by atoms with E-state index in [1.54, 1.807) is 0 Å². The summed E-state index contributed by atoms with van der Waals surface area (Å²) in [5, 5.41) is 4.62. The Morgan fingerprint density at radius 3 is 2.57 bits per heavy atom. The van der Waals surface area contributed by atoms with Gasteiger partial charge in [-0.3, -0.25) is 0 Å². The van der Waals surface area contributed by atoms with Gasteiger partial charge in [-0.25, -0.2) is 0 Å². The normalized spacial score (nSPS) is 10.2. The Morgan fingerprint density at radius 2 is 1.83 bits per heavy atom. The number of nitrogens with zero attached hydrogens (tertiary/aromatic N) is 1. The van der Waals surface area contributed by atoms with Crippen LogP contribution in [0.15, 0.2) is 54.6 Å². The number of benzene rings is 2. The summed E-state index contributed by atoms with van der Waals surface area (Å²) in [6.07, 6.45) is 0.949. The number of rotatable bonds is 7. The van der Waals surface area contributed by atoms with Crippen LogP contribution in [0.4, 0.5) is 0 Å². The van der Waals surface area contributed by atoms with E-state index < -0.39 is 0 Å². The number of para-hydroxylation sites is 1. The van der Waals surface area contributed by atoms with Crippen molar-refractivity contribution in [3.8, 4) is 5.75 Å². The molecule has 23 heavy (non-hydrogen) atoms. The zero-order valence-corrected chi connectivity index (χ0v) is 14.7. The van der Waals surface area contributed by atoms with E-state index >= 15 is 0 Å². The van der Waals surface area contributed by atoms with Crippen molar-refractivity contribution < 1.29 is 4.74 Å². The quantitative estimate of drug-likeness (QED) is 0.770. The fourth-order valence-electron chi connectivity index (χ4n) is 2.05. The molecule has 122 valence electrons. The molecule has 0 bridgehead atoms. The molecule has 0 atom stereocenters. The minimum atomic E-state index is 0.529. The van der Waals surface area contributed by atoms with Crippen molar-refractivity contribution in [2.24, 2.45) is 0 Å².